The van der Waals surface area contributed by atoms with E-state index in [9.17, 15) is 13.5 Å². The molecule has 114 valence electrons. The molecule has 0 saturated heterocycles. The minimum Gasteiger partial charge on any atom is -0.390 e. The lowest BCUT2D eigenvalue weighted by atomic mass is 10.2. The highest BCUT2D eigenvalue weighted by Gasteiger charge is 2.25. The molecule has 1 aromatic heterocycles. The molecule has 0 amide bonds. The summed E-state index contributed by atoms with van der Waals surface area (Å²) in [4.78, 5) is -0.0993. The van der Waals surface area contributed by atoms with Crippen LogP contribution in [0.1, 0.15) is 17.0 Å². The first-order valence-electron chi connectivity index (χ1n) is 5.89. The fourth-order valence-electron chi connectivity index (χ4n) is 1.85. The fourth-order valence-corrected chi connectivity index (χ4v) is 3.77. The average molecular weight is 350 g/mol. The maximum absolute atomic E-state index is 12.4. The number of aliphatic hydroxyl groups excluding tert-OH is 1. The molecule has 0 aliphatic carbocycles. The molecule has 0 aliphatic rings. The zero-order valence-corrected chi connectivity index (χ0v) is 13.6. The van der Waals surface area contributed by atoms with Gasteiger partial charge in [-0.05, 0) is 31.5 Å². The monoisotopic (exact) mass is 349 g/mol. The number of H-pyrrole nitrogens is 1. The predicted molar refractivity (Wildman–Crippen MR) is 81.3 cm³/mol. The number of nitrogens with zero attached hydrogens (tertiary/aromatic N) is 1. The number of nitrogens with one attached hydrogen (secondary N) is 2. The van der Waals surface area contributed by atoms with Crippen molar-refractivity contribution in [3.05, 3.63) is 39.1 Å². The van der Waals surface area contributed by atoms with E-state index in [1.165, 1.54) is 6.07 Å². The molecule has 0 saturated carbocycles. The van der Waals surface area contributed by atoms with Crippen molar-refractivity contribution < 1.29 is 13.5 Å². The van der Waals surface area contributed by atoms with Crippen LogP contribution in [-0.4, -0.2) is 23.7 Å². The lowest BCUT2D eigenvalue weighted by Gasteiger charge is -2.11. The Morgan fingerprint density at radius 1 is 1.29 bits per heavy atom. The summed E-state index contributed by atoms with van der Waals surface area (Å²) < 4.78 is 27.2. The normalized spacial score (nSPS) is 11.7. The maximum atomic E-state index is 12.4. The fraction of sp³-hybridized carbons (Fsp3) is 0.250. The third kappa shape index (κ3) is 3.16. The van der Waals surface area contributed by atoms with E-state index in [1.54, 1.807) is 19.9 Å². The van der Waals surface area contributed by atoms with Crippen LogP contribution in [0, 0.1) is 13.8 Å². The van der Waals surface area contributed by atoms with Gasteiger partial charge in [-0.15, -0.1) is 0 Å². The van der Waals surface area contributed by atoms with E-state index in [1.807, 2.05) is 0 Å². The third-order valence-electron chi connectivity index (χ3n) is 2.87. The second-order valence-electron chi connectivity index (χ2n) is 4.47. The van der Waals surface area contributed by atoms with Gasteiger partial charge in [0.2, 0.25) is 0 Å². The second-order valence-corrected chi connectivity index (χ2v) is 6.90. The molecule has 0 unspecified atom stereocenters. The van der Waals surface area contributed by atoms with Crippen LogP contribution in [0.25, 0.3) is 0 Å². The van der Waals surface area contributed by atoms with E-state index in [0.717, 1.165) is 5.56 Å². The summed E-state index contributed by atoms with van der Waals surface area (Å²) >= 11 is 12.0. The Labute approximate surface area is 132 Å². The van der Waals surface area contributed by atoms with Gasteiger partial charge >= 0.3 is 0 Å². The van der Waals surface area contributed by atoms with E-state index in [0.29, 0.717) is 10.7 Å². The summed E-state index contributed by atoms with van der Waals surface area (Å²) in [6.45, 7) is 2.81. The lowest BCUT2D eigenvalue weighted by molar-refractivity contribution is 0.273. The van der Waals surface area contributed by atoms with Gasteiger partial charge < -0.3 is 5.11 Å². The number of hydrogen-bond donors (Lipinski definition) is 3. The number of aliphatic hydroxyl groups is 1. The van der Waals surface area contributed by atoms with Crippen LogP contribution in [0.2, 0.25) is 10.0 Å². The zero-order chi connectivity index (χ0) is 15.8. The van der Waals surface area contributed by atoms with Gasteiger partial charge in [0.1, 0.15) is 10.6 Å². The number of aromatic amines is 1. The molecule has 21 heavy (non-hydrogen) atoms. The summed E-state index contributed by atoms with van der Waals surface area (Å²) in [5, 5.41) is 16.1. The third-order valence-corrected chi connectivity index (χ3v) is 5.16. The quantitative estimate of drug-likeness (QED) is 0.790. The summed E-state index contributed by atoms with van der Waals surface area (Å²) in [6.07, 6.45) is 0. The number of aryl methyl sites for hydroxylation is 2. The molecule has 0 radical (unpaired) electrons. The van der Waals surface area contributed by atoms with E-state index in [-0.39, 0.29) is 21.3 Å². The first kappa shape index (κ1) is 16.1. The average Bonchev–Trinajstić information content (AvgIpc) is 2.77. The molecule has 1 heterocycles. The van der Waals surface area contributed by atoms with Crippen molar-refractivity contribution in [2.24, 2.45) is 0 Å². The molecule has 2 aromatic rings. The summed E-state index contributed by atoms with van der Waals surface area (Å²) in [5.74, 6) is 0. The van der Waals surface area contributed by atoms with Crippen molar-refractivity contribution in [2.75, 3.05) is 4.72 Å². The van der Waals surface area contributed by atoms with Crippen LogP contribution in [0.4, 0.5) is 5.69 Å². The molecule has 9 heteroatoms. The molecule has 0 atom stereocenters. The Morgan fingerprint density at radius 2 is 1.95 bits per heavy atom. The molecule has 0 bridgehead atoms. The summed E-state index contributed by atoms with van der Waals surface area (Å²) in [5.41, 5.74) is 1.26. The largest absolute Gasteiger partial charge is 0.390 e. The molecular formula is C12H13Cl2N3O3S. The first-order valence-corrected chi connectivity index (χ1v) is 8.13. The number of rotatable bonds is 4. The van der Waals surface area contributed by atoms with Gasteiger partial charge in [-0.2, -0.15) is 5.10 Å². The Kier molecular flexibility index (Phi) is 4.48. The van der Waals surface area contributed by atoms with Crippen LogP contribution in [0.5, 0.6) is 0 Å². The highest BCUT2D eigenvalue weighted by atomic mass is 35.5. The highest BCUT2D eigenvalue weighted by molar-refractivity contribution is 7.92. The van der Waals surface area contributed by atoms with Gasteiger partial charge in [-0.1, -0.05) is 23.2 Å². The van der Waals surface area contributed by atoms with Gasteiger partial charge in [0.05, 0.1) is 23.0 Å². The number of sulfonamides is 1. The number of anilines is 1. The van der Waals surface area contributed by atoms with Crippen LogP contribution in [-0.2, 0) is 16.6 Å². The van der Waals surface area contributed by atoms with Crippen molar-refractivity contribution in [2.45, 2.75) is 25.3 Å². The zero-order valence-electron chi connectivity index (χ0n) is 11.2. The molecular weight excluding hydrogens is 337 g/mol. The van der Waals surface area contributed by atoms with Crippen LogP contribution >= 0.6 is 23.2 Å². The number of benzene rings is 1. The number of halogens is 2. The predicted octanol–water partition coefficient (Wildman–Crippen LogP) is 2.63. The van der Waals surface area contributed by atoms with Gasteiger partial charge in [-0.3, -0.25) is 9.82 Å². The van der Waals surface area contributed by atoms with E-state index in [2.05, 4.69) is 14.9 Å². The van der Waals surface area contributed by atoms with Crippen molar-refractivity contribution in [3.63, 3.8) is 0 Å². The molecule has 0 spiro atoms. The van der Waals surface area contributed by atoms with Gasteiger partial charge in [0.15, 0.2) is 0 Å². The van der Waals surface area contributed by atoms with E-state index in [4.69, 9.17) is 23.2 Å². The Balaban J connectivity index is 2.47. The van der Waals surface area contributed by atoms with Crippen LogP contribution in [0.15, 0.2) is 17.0 Å². The van der Waals surface area contributed by atoms with Crippen LogP contribution < -0.4 is 4.72 Å². The topological polar surface area (TPSA) is 95.1 Å². The Morgan fingerprint density at radius 3 is 2.57 bits per heavy atom. The molecule has 1 aromatic carbocycles. The summed E-state index contributed by atoms with van der Waals surface area (Å²) in [7, 11) is -3.94. The SMILES string of the molecule is Cc1cc(Cl)c(NS(=O)(=O)c2c(CO)n[nH]c2C)cc1Cl. The number of hydrogen-bond acceptors (Lipinski definition) is 4. The molecule has 0 fully saturated rings. The summed E-state index contributed by atoms with van der Waals surface area (Å²) in [6, 6.07) is 3.00. The van der Waals surface area contributed by atoms with Gasteiger partial charge in [0.25, 0.3) is 10.0 Å². The van der Waals surface area contributed by atoms with Crippen LogP contribution in [0.3, 0.4) is 0 Å². The van der Waals surface area contributed by atoms with Gasteiger partial charge in [-0.25, -0.2) is 8.42 Å². The lowest BCUT2D eigenvalue weighted by Crippen LogP contribution is -2.15. The maximum Gasteiger partial charge on any atom is 0.265 e. The molecule has 0 aliphatic heterocycles. The van der Waals surface area contributed by atoms with Crippen molar-refractivity contribution in [1.29, 1.82) is 0 Å². The number of aromatic nitrogens is 2. The first-order chi connectivity index (χ1) is 9.76. The highest BCUT2D eigenvalue weighted by Crippen LogP contribution is 2.31. The second kappa shape index (κ2) is 5.84. The van der Waals surface area contributed by atoms with Gasteiger partial charge in [0, 0.05) is 5.02 Å². The van der Waals surface area contributed by atoms with Crippen molar-refractivity contribution in [1.82, 2.24) is 10.2 Å². The Hall–Kier alpha value is -1.28. The van der Waals surface area contributed by atoms with E-state index < -0.39 is 16.6 Å². The smallest absolute Gasteiger partial charge is 0.265 e. The molecule has 6 nitrogen and oxygen atoms in total. The standard InChI is InChI=1S/C12H13Cl2N3O3S/c1-6-3-9(14)10(4-8(6)13)17-21(19,20)12-7(2)15-16-11(12)5-18/h3-4,17-18H,5H2,1-2H3,(H,15,16). The minimum atomic E-state index is -3.94. The Bertz CT molecular complexity index is 787. The molecule has 3 N–H and O–H groups in total. The van der Waals surface area contributed by atoms with E-state index >= 15 is 0 Å². The molecule has 2 rings (SSSR count). The minimum absolute atomic E-state index is 0.0364. The van der Waals surface area contributed by atoms with Crippen molar-refractivity contribution >= 4 is 38.9 Å². The van der Waals surface area contributed by atoms with Crippen molar-refractivity contribution in [3.8, 4) is 0 Å².